The quantitative estimate of drug-likeness (QED) is 0.396. The average molecular weight is 464 g/mol. The lowest BCUT2D eigenvalue weighted by molar-refractivity contribution is -0.132. The maximum Gasteiger partial charge on any atom is 0.340 e. The number of hydrogen-bond acceptors (Lipinski definition) is 6. The Kier molecular flexibility index (Phi) is 5.66. The Hall–Kier alpha value is -3.19. The number of fused-ring (bicyclic) bond motifs is 2. The zero-order valence-corrected chi connectivity index (χ0v) is 19.7. The third-order valence-electron chi connectivity index (χ3n) is 6.45. The van der Waals surface area contributed by atoms with Crippen LogP contribution in [-0.4, -0.2) is 36.0 Å². The molecule has 0 aliphatic carbocycles. The van der Waals surface area contributed by atoms with Crippen LogP contribution in [0.4, 0.5) is 0 Å². The zero-order valence-electron chi connectivity index (χ0n) is 18.8. The Bertz CT molecular complexity index is 1400. The number of thioether (sulfide) groups is 1. The SMILES string of the molecule is COc1ccc([C@@H]2CSCCN2C(=O)Cc2c(C)c3cc4c(C)coc4cc3oc2=O)cc1. The molecule has 3 heterocycles. The van der Waals surface area contributed by atoms with Gasteiger partial charge in [0.2, 0.25) is 5.91 Å². The summed E-state index contributed by atoms with van der Waals surface area (Å²) >= 11 is 1.83. The normalized spacial score (nSPS) is 16.5. The molecule has 7 heteroatoms. The van der Waals surface area contributed by atoms with Crippen LogP contribution in [0.5, 0.6) is 5.75 Å². The molecule has 0 saturated carbocycles. The zero-order chi connectivity index (χ0) is 23.1. The van der Waals surface area contributed by atoms with Gasteiger partial charge in [0.25, 0.3) is 0 Å². The second kappa shape index (κ2) is 8.63. The van der Waals surface area contributed by atoms with Gasteiger partial charge in [-0.3, -0.25) is 4.79 Å². The average Bonchev–Trinajstić information content (AvgIpc) is 3.20. The summed E-state index contributed by atoms with van der Waals surface area (Å²) in [5, 5.41) is 1.81. The van der Waals surface area contributed by atoms with Crippen LogP contribution in [0.3, 0.4) is 0 Å². The highest BCUT2D eigenvalue weighted by molar-refractivity contribution is 7.99. The van der Waals surface area contributed by atoms with E-state index in [0.29, 0.717) is 23.3 Å². The van der Waals surface area contributed by atoms with E-state index in [4.69, 9.17) is 13.6 Å². The van der Waals surface area contributed by atoms with Crippen molar-refractivity contribution in [2.45, 2.75) is 26.3 Å². The molecule has 0 radical (unpaired) electrons. The largest absolute Gasteiger partial charge is 0.497 e. The Balaban J connectivity index is 1.48. The molecule has 0 bridgehead atoms. The molecule has 0 unspecified atom stereocenters. The van der Waals surface area contributed by atoms with Gasteiger partial charge in [-0.05, 0) is 48.7 Å². The molecule has 1 amide bonds. The van der Waals surface area contributed by atoms with Crippen LogP contribution in [0.1, 0.15) is 28.3 Å². The number of aryl methyl sites for hydroxylation is 2. The fourth-order valence-corrected chi connectivity index (χ4v) is 5.59. The highest BCUT2D eigenvalue weighted by Gasteiger charge is 2.29. The number of rotatable bonds is 4. The summed E-state index contributed by atoms with van der Waals surface area (Å²) in [6, 6.07) is 11.5. The van der Waals surface area contributed by atoms with E-state index < -0.39 is 5.63 Å². The molecule has 0 N–H and O–H groups in total. The van der Waals surface area contributed by atoms with Crippen molar-refractivity contribution in [1.29, 1.82) is 0 Å². The number of hydrogen-bond donors (Lipinski definition) is 0. The van der Waals surface area contributed by atoms with Gasteiger partial charge in [-0.2, -0.15) is 11.8 Å². The van der Waals surface area contributed by atoms with Crippen molar-refractivity contribution in [2.75, 3.05) is 25.2 Å². The second-order valence-corrected chi connectivity index (χ2v) is 9.53. The van der Waals surface area contributed by atoms with Gasteiger partial charge in [0.15, 0.2) is 0 Å². The standard InChI is InChI=1S/C26H25NO5S/c1-15-13-31-23-12-24-20(10-19(15)23)16(2)21(26(29)32-24)11-25(28)27-8-9-33-14-22(27)17-4-6-18(30-3)7-5-17/h4-7,10,12-13,22H,8-9,11,14H2,1-3H3/t22-/m0/s1. The van der Waals surface area contributed by atoms with Gasteiger partial charge in [0.1, 0.15) is 16.9 Å². The van der Waals surface area contributed by atoms with Gasteiger partial charge < -0.3 is 18.5 Å². The van der Waals surface area contributed by atoms with Crippen molar-refractivity contribution < 1.29 is 18.4 Å². The smallest absolute Gasteiger partial charge is 0.340 e. The van der Waals surface area contributed by atoms with Crippen molar-refractivity contribution in [2.24, 2.45) is 0 Å². The Morgan fingerprint density at radius 1 is 1.15 bits per heavy atom. The molecule has 33 heavy (non-hydrogen) atoms. The monoisotopic (exact) mass is 463 g/mol. The van der Waals surface area contributed by atoms with Crippen molar-refractivity contribution in [3.63, 3.8) is 0 Å². The third kappa shape index (κ3) is 3.91. The summed E-state index contributed by atoms with van der Waals surface area (Å²) in [6.07, 6.45) is 1.71. The first-order chi connectivity index (χ1) is 16.0. The number of amides is 1. The van der Waals surface area contributed by atoms with E-state index in [2.05, 4.69) is 0 Å². The van der Waals surface area contributed by atoms with Crippen molar-refractivity contribution >= 4 is 39.6 Å². The molecule has 0 spiro atoms. The molecule has 4 aromatic rings. The number of ether oxygens (including phenoxy) is 1. The fraction of sp³-hybridized carbons (Fsp3) is 0.308. The number of nitrogens with zero attached hydrogens (tertiary/aromatic N) is 1. The molecular weight excluding hydrogens is 438 g/mol. The second-order valence-electron chi connectivity index (χ2n) is 8.38. The minimum Gasteiger partial charge on any atom is -0.497 e. The number of carbonyl (C=O) groups excluding carboxylic acids is 1. The third-order valence-corrected chi connectivity index (χ3v) is 7.48. The number of furan rings is 1. The molecular formula is C26H25NO5S. The number of methoxy groups -OCH3 is 1. The van der Waals surface area contributed by atoms with Crippen LogP contribution in [0.25, 0.3) is 21.9 Å². The fourth-order valence-electron chi connectivity index (χ4n) is 4.50. The summed E-state index contributed by atoms with van der Waals surface area (Å²) in [4.78, 5) is 28.2. The Labute approximate surface area is 195 Å². The molecule has 1 aliphatic rings. The van der Waals surface area contributed by atoms with Gasteiger partial charge in [-0.25, -0.2) is 4.79 Å². The van der Waals surface area contributed by atoms with Gasteiger partial charge in [-0.15, -0.1) is 0 Å². The molecule has 170 valence electrons. The lowest BCUT2D eigenvalue weighted by atomic mass is 10.0. The van der Waals surface area contributed by atoms with Gasteiger partial charge in [0, 0.05) is 34.9 Å². The highest BCUT2D eigenvalue weighted by Crippen LogP contribution is 2.32. The Morgan fingerprint density at radius 3 is 2.70 bits per heavy atom. The molecule has 1 fully saturated rings. The van der Waals surface area contributed by atoms with Crippen LogP contribution < -0.4 is 10.4 Å². The van der Waals surface area contributed by atoms with E-state index in [1.807, 2.05) is 60.8 Å². The highest BCUT2D eigenvalue weighted by atomic mass is 32.2. The van der Waals surface area contributed by atoms with Gasteiger partial charge in [-0.1, -0.05) is 12.1 Å². The van der Waals surface area contributed by atoms with Crippen LogP contribution in [0, 0.1) is 13.8 Å². The van der Waals surface area contributed by atoms with Gasteiger partial charge in [0.05, 0.1) is 31.4 Å². The lowest BCUT2D eigenvalue weighted by Gasteiger charge is -2.36. The van der Waals surface area contributed by atoms with E-state index in [0.717, 1.165) is 44.7 Å². The molecule has 1 atom stereocenters. The van der Waals surface area contributed by atoms with Gasteiger partial charge >= 0.3 is 5.63 Å². The van der Waals surface area contributed by atoms with Crippen LogP contribution in [0.15, 0.2) is 56.3 Å². The van der Waals surface area contributed by atoms with Crippen LogP contribution in [-0.2, 0) is 11.2 Å². The van der Waals surface area contributed by atoms with E-state index >= 15 is 0 Å². The van der Waals surface area contributed by atoms with Crippen LogP contribution >= 0.6 is 11.8 Å². The predicted octanol–water partition coefficient (Wildman–Crippen LogP) is 5.02. The minimum atomic E-state index is -0.469. The molecule has 5 rings (SSSR count). The topological polar surface area (TPSA) is 72.9 Å². The van der Waals surface area contributed by atoms with E-state index in [1.54, 1.807) is 19.4 Å². The lowest BCUT2D eigenvalue weighted by Crippen LogP contribution is -2.42. The van der Waals surface area contributed by atoms with E-state index in [1.165, 1.54) is 0 Å². The summed E-state index contributed by atoms with van der Waals surface area (Å²) in [5.41, 5.74) is 3.97. The first-order valence-electron chi connectivity index (χ1n) is 10.9. The van der Waals surface area contributed by atoms with E-state index in [-0.39, 0.29) is 18.4 Å². The summed E-state index contributed by atoms with van der Waals surface area (Å²) in [6.45, 7) is 4.51. The maximum absolute atomic E-state index is 13.4. The van der Waals surface area contributed by atoms with E-state index in [9.17, 15) is 9.59 Å². The Morgan fingerprint density at radius 2 is 1.94 bits per heavy atom. The molecule has 2 aromatic heterocycles. The maximum atomic E-state index is 13.4. The predicted molar refractivity (Wildman–Crippen MR) is 130 cm³/mol. The molecule has 1 saturated heterocycles. The molecule has 1 aliphatic heterocycles. The summed E-state index contributed by atoms with van der Waals surface area (Å²) < 4.78 is 16.4. The first-order valence-corrected chi connectivity index (χ1v) is 12.1. The van der Waals surface area contributed by atoms with Crippen molar-refractivity contribution in [3.05, 3.63) is 75.3 Å². The van der Waals surface area contributed by atoms with Crippen molar-refractivity contribution in [3.8, 4) is 5.75 Å². The minimum absolute atomic E-state index is 0.0177. The summed E-state index contributed by atoms with van der Waals surface area (Å²) in [5.74, 6) is 2.42. The summed E-state index contributed by atoms with van der Waals surface area (Å²) in [7, 11) is 1.64. The molecule has 2 aromatic carbocycles. The van der Waals surface area contributed by atoms with Crippen LogP contribution in [0.2, 0.25) is 0 Å². The number of benzene rings is 2. The first kappa shape index (κ1) is 21.6. The van der Waals surface area contributed by atoms with Crippen molar-refractivity contribution in [1.82, 2.24) is 4.90 Å². The number of carbonyl (C=O) groups is 1. The molecule has 6 nitrogen and oxygen atoms in total.